The largest absolute Gasteiger partial charge is 0.337 e. The fraction of sp³-hybridized carbons (Fsp3) is 0.393. The zero-order valence-electron chi connectivity index (χ0n) is 21.0. The standard InChI is InChI=1S/C28H33N5O3S/c1-30-20-26(34)32-24(17-21-9-4-2-5-10-21)27(35)31(15-14-23-13-8-16-37-23)19-25(32)33(30)28(36)29-18-22-11-6-3-7-12-22/h2-12,16,23-25H,13-15,17-20H2,1H3,(H,29,36)/t23?,24-,25-/m0/s1. The molecule has 3 aliphatic rings. The molecule has 5 rings (SSSR count). The molecular weight excluding hydrogens is 486 g/mol. The van der Waals surface area contributed by atoms with E-state index < -0.39 is 12.2 Å². The van der Waals surface area contributed by atoms with Crippen LogP contribution in [0.25, 0.3) is 0 Å². The van der Waals surface area contributed by atoms with Crippen molar-refractivity contribution in [2.24, 2.45) is 0 Å². The molecule has 0 aromatic heterocycles. The van der Waals surface area contributed by atoms with Crippen LogP contribution < -0.4 is 5.32 Å². The second-order valence-electron chi connectivity index (χ2n) is 9.73. The van der Waals surface area contributed by atoms with Crippen molar-refractivity contribution in [3.05, 3.63) is 83.3 Å². The van der Waals surface area contributed by atoms with Gasteiger partial charge in [-0.15, -0.1) is 11.8 Å². The average molecular weight is 520 g/mol. The number of benzene rings is 2. The lowest BCUT2D eigenvalue weighted by Gasteiger charge is -2.54. The molecule has 0 aliphatic carbocycles. The Kier molecular flexibility index (Phi) is 7.81. The highest BCUT2D eigenvalue weighted by molar-refractivity contribution is 8.03. The zero-order valence-corrected chi connectivity index (χ0v) is 21.8. The molecule has 3 heterocycles. The lowest BCUT2D eigenvalue weighted by atomic mass is 9.98. The van der Waals surface area contributed by atoms with Gasteiger partial charge < -0.3 is 15.1 Å². The van der Waals surface area contributed by atoms with Gasteiger partial charge in [-0.25, -0.2) is 14.8 Å². The third-order valence-corrected chi connectivity index (χ3v) is 8.36. The average Bonchev–Trinajstić information content (AvgIpc) is 3.43. The number of carbonyl (C=O) groups excluding carboxylic acids is 3. The van der Waals surface area contributed by atoms with E-state index in [2.05, 4.69) is 16.8 Å². The molecule has 3 aliphatic heterocycles. The van der Waals surface area contributed by atoms with Crippen molar-refractivity contribution < 1.29 is 14.4 Å². The molecule has 8 nitrogen and oxygen atoms in total. The number of nitrogens with one attached hydrogen (secondary N) is 1. The minimum atomic E-state index is -0.652. The van der Waals surface area contributed by atoms with Crippen LogP contribution in [0, 0.1) is 0 Å². The second kappa shape index (κ2) is 11.4. The number of nitrogens with zero attached hydrogens (tertiary/aromatic N) is 4. The number of carbonyl (C=O) groups is 3. The van der Waals surface area contributed by atoms with Crippen LogP contribution in [0.2, 0.25) is 0 Å². The van der Waals surface area contributed by atoms with Gasteiger partial charge in [-0.3, -0.25) is 9.59 Å². The van der Waals surface area contributed by atoms with Crippen molar-refractivity contribution in [3.8, 4) is 0 Å². The number of hydrogen-bond acceptors (Lipinski definition) is 5. The lowest BCUT2D eigenvalue weighted by molar-refractivity contribution is -0.186. The number of allylic oxidation sites excluding steroid dienone is 1. The number of fused-ring (bicyclic) bond motifs is 1. The second-order valence-corrected chi connectivity index (χ2v) is 10.9. The van der Waals surface area contributed by atoms with E-state index in [0.29, 0.717) is 31.3 Å². The summed E-state index contributed by atoms with van der Waals surface area (Å²) >= 11 is 1.80. The molecule has 1 unspecified atom stereocenters. The van der Waals surface area contributed by atoms with Crippen LogP contribution in [0.3, 0.4) is 0 Å². The van der Waals surface area contributed by atoms with E-state index in [1.54, 1.807) is 33.7 Å². The van der Waals surface area contributed by atoms with E-state index in [1.807, 2.05) is 65.6 Å². The molecule has 2 aromatic rings. The van der Waals surface area contributed by atoms with Crippen molar-refractivity contribution >= 4 is 29.6 Å². The smallest absolute Gasteiger partial charge is 0.334 e. The van der Waals surface area contributed by atoms with Crippen LogP contribution >= 0.6 is 11.8 Å². The van der Waals surface area contributed by atoms with Gasteiger partial charge in [0.1, 0.15) is 12.2 Å². The molecule has 0 saturated carbocycles. The maximum absolute atomic E-state index is 13.8. The van der Waals surface area contributed by atoms with Gasteiger partial charge in [0.25, 0.3) is 0 Å². The molecule has 0 bridgehead atoms. The number of rotatable bonds is 7. The highest BCUT2D eigenvalue weighted by atomic mass is 32.2. The molecule has 0 radical (unpaired) electrons. The SMILES string of the molecule is CN1CC(=O)N2[C@@H](Cc3ccccc3)C(=O)N(CCC3CC=CS3)C[C@@H]2N1C(=O)NCc1ccccc1. The van der Waals surface area contributed by atoms with E-state index in [0.717, 1.165) is 24.0 Å². The summed E-state index contributed by atoms with van der Waals surface area (Å²) in [7, 11) is 1.76. The van der Waals surface area contributed by atoms with Crippen LogP contribution in [-0.2, 0) is 22.6 Å². The Hall–Kier alpha value is -3.30. The van der Waals surface area contributed by atoms with E-state index in [1.165, 1.54) is 0 Å². The monoisotopic (exact) mass is 519 g/mol. The first-order valence-corrected chi connectivity index (χ1v) is 13.7. The van der Waals surface area contributed by atoms with Crippen molar-refractivity contribution in [2.75, 3.05) is 26.7 Å². The Labute approximate surface area is 222 Å². The number of amides is 4. The molecule has 4 amide bonds. The minimum absolute atomic E-state index is 0.0399. The maximum Gasteiger partial charge on any atom is 0.334 e. The van der Waals surface area contributed by atoms with E-state index in [-0.39, 0.29) is 24.4 Å². The third-order valence-electron chi connectivity index (χ3n) is 7.19. The predicted molar refractivity (Wildman–Crippen MR) is 144 cm³/mol. The summed E-state index contributed by atoms with van der Waals surface area (Å²) in [5, 5.41) is 8.88. The van der Waals surface area contributed by atoms with Crippen LogP contribution in [0.5, 0.6) is 0 Å². The van der Waals surface area contributed by atoms with E-state index in [4.69, 9.17) is 0 Å². The molecule has 2 fully saturated rings. The molecule has 194 valence electrons. The normalized spacial score (nSPS) is 23.9. The quantitative estimate of drug-likeness (QED) is 0.609. The number of thioether (sulfide) groups is 1. The molecule has 37 heavy (non-hydrogen) atoms. The summed E-state index contributed by atoms with van der Waals surface area (Å²) < 4.78 is 0. The predicted octanol–water partition coefficient (Wildman–Crippen LogP) is 3.08. The molecule has 1 N–H and O–H groups in total. The lowest BCUT2D eigenvalue weighted by Crippen LogP contribution is -2.76. The maximum atomic E-state index is 13.8. The molecular formula is C28H33N5O3S. The van der Waals surface area contributed by atoms with Gasteiger partial charge in [0.05, 0.1) is 13.1 Å². The van der Waals surface area contributed by atoms with E-state index >= 15 is 0 Å². The summed E-state index contributed by atoms with van der Waals surface area (Å²) in [6, 6.07) is 18.6. The first kappa shape index (κ1) is 25.4. The van der Waals surface area contributed by atoms with Gasteiger partial charge in [-0.1, -0.05) is 66.7 Å². The van der Waals surface area contributed by atoms with Crippen molar-refractivity contribution in [1.82, 2.24) is 25.1 Å². The molecule has 9 heteroatoms. The van der Waals surface area contributed by atoms with Crippen LogP contribution in [0.1, 0.15) is 24.0 Å². The highest BCUT2D eigenvalue weighted by Crippen LogP contribution is 2.30. The van der Waals surface area contributed by atoms with Gasteiger partial charge in [-0.2, -0.15) is 0 Å². The Morgan fingerprint density at radius 2 is 1.73 bits per heavy atom. The first-order chi connectivity index (χ1) is 18.0. The first-order valence-electron chi connectivity index (χ1n) is 12.8. The summed E-state index contributed by atoms with van der Waals surface area (Å²) in [4.78, 5) is 44.1. The Bertz CT molecular complexity index is 1140. The topological polar surface area (TPSA) is 76.2 Å². The minimum Gasteiger partial charge on any atom is -0.337 e. The summed E-state index contributed by atoms with van der Waals surface area (Å²) in [5.74, 6) is -0.178. The number of urea groups is 1. The number of hydrazine groups is 1. The van der Waals surface area contributed by atoms with E-state index in [9.17, 15) is 14.4 Å². The number of hydrogen-bond donors (Lipinski definition) is 1. The number of likely N-dealkylation sites (N-methyl/N-ethyl adjacent to an activating group) is 1. The Morgan fingerprint density at radius 3 is 2.41 bits per heavy atom. The fourth-order valence-corrected chi connectivity index (χ4v) is 6.22. The Morgan fingerprint density at radius 1 is 1.03 bits per heavy atom. The fourth-order valence-electron chi connectivity index (χ4n) is 5.31. The van der Waals surface area contributed by atoms with Crippen molar-refractivity contribution in [2.45, 2.75) is 43.3 Å². The summed E-state index contributed by atoms with van der Waals surface area (Å²) in [5.41, 5.74) is 1.98. The summed E-state index contributed by atoms with van der Waals surface area (Å²) in [6.07, 6.45) is 3.90. The van der Waals surface area contributed by atoms with Crippen LogP contribution in [-0.4, -0.2) is 81.8 Å². The third kappa shape index (κ3) is 5.67. The van der Waals surface area contributed by atoms with Gasteiger partial charge in [0, 0.05) is 31.8 Å². The van der Waals surface area contributed by atoms with Crippen molar-refractivity contribution in [1.29, 1.82) is 0 Å². The van der Waals surface area contributed by atoms with Gasteiger partial charge in [-0.05, 0) is 29.4 Å². The van der Waals surface area contributed by atoms with Crippen LogP contribution in [0.15, 0.2) is 72.1 Å². The molecule has 0 spiro atoms. The van der Waals surface area contributed by atoms with Gasteiger partial charge in [0.2, 0.25) is 11.8 Å². The molecule has 3 atom stereocenters. The van der Waals surface area contributed by atoms with Crippen molar-refractivity contribution in [3.63, 3.8) is 0 Å². The van der Waals surface area contributed by atoms with Gasteiger partial charge >= 0.3 is 6.03 Å². The van der Waals surface area contributed by atoms with Gasteiger partial charge in [0.15, 0.2) is 0 Å². The zero-order chi connectivity index (χ0) is 25.8. The number of piperazine rings is 1. The van der Waals surface area contributed by atoms with Crippen LogP contribution in [0.4, 0.5) is 4.79 Å². The highest BCUT2D eigenvalue weighted by Gasteiger charge is 2.50. The molecule has 2 saturated heterocycles. The molecule has 2 aromatic carbocycles. The summed E-state index contributed by atoms with van der Waals surface area (Å²) in [6.45, 7) is 1.32. The Balaban J connectivity index is 1.39.